The number of aromatic nitrogens is 1. The molecule has 1 aliphatic carbocycles. The molecule has 18 heavy (non-hydrogen) atoms. The Balaban J connectivity index is 2.19. The first kappa shape index (κ1) is 12.8. The van der Waals surface area contributed by atoms with Crippen LogP contribution in [0.5, 0.6) is 0 Å². The van der Waals surface area contributed by atoms with Gasteiger partial charge in [0, 0.05) is 5.56 Å². The van der Waals surface area contributed by atoms with Crippen LogP contribution < -0.4 is 5.32 Å². The lowest BCUT2D eigenvalue weighted by atomic mass is 9.99. The number of rotatable bonds is 4. The molecule has 0 unspecified atom stereocenters. The molecule has 1 aromatic heterocycles. The van der Waals surface area contributed by atoms with E-state index in [0.29, 0.717) is 11.4 Å². The summed E-state index contributed by atoms with van der Waals surface area (Å²) in [5.74, 6) is 0.592. The Morgan fingerprint density at radius 1 is 1.56 bits per heavy atom. The third kappa shape index (κ3) is 2.43. The van der Waals surface area contributed by atoms with Gasteiger partial charge >= 0.3 is 0 Å². The lowest BCUT2D eigenvalue weighted by Crippen LogP contribution is -2.39. The smallest absolute Gasteiger partial charge is 0.290 e. The zero-order chi connectivity index (χ0) is 13.2. The zero-order valence-electron chi connectivity index (χ0n) is 10.3. The molecule has 0 amide bonds. The Morgan fingerprint density at radius 2 is 2.22 bits per heavy atom. The Morgan fingerprint density at radius 3 is 2.72 bits per heavy atom. The number of pyridine rings is 1. The maximum absolute atomic E-state index is 10.7. The van der Waals surface area contributed by atoms with E-state index in [1.54, 1.807) is 13.0 Å². The van der Waals surface area contributed by atoms with Crippen LogP contribution >= 0.6 is 0 Å². The topological polar surface area (TPSA) is 88.3 Å². The van der Waals surface area contributed by atoms with Crippen LogP contribution in [-0.2, 0) is 0 Å². The average Bonchev–Trinajstić information content (AvgIpc) is 2.78. The first-order valence-corrected chi connectivity index (χ1v) is 6.06. The Hall–Kier alpha value is -1.69. The van der Waals surface area contributed by atoms with E-state index in [2.05, 4.69) is 10.3 Å². The maximum atomic E-state index is 10.7. The number of aryl methyl sites for hydroxylation is 1. The molecule has 0 spiro atoms. The van der Waals surface area contributed by atoms with Gasteiger partial charge in [0.1, 0.15) is 12.0 Å². The van der Waals surface area contributed by atoms with E-state index < -0.39 is 4.92 Å². The van der Waals surface area contributed by atoms with Gasteiger partial charge in [0.05, 0.1) is 17.1 Å². The van der Waals surface area contributed by atoms with Crippen molar-refractivity contribution in [2.75, 3.05) is 11.9 Å². The molecule has 0 saturated heterocycles. The fourth-order valence-electron chi connectivity index (χ4n) is 2.45. The molecule has 6 heteroatoms. The van der Waals surface area contributed by atoms with Crippen molar-refractivity contribution < 1.29 is 10.0 Å². The van der Waals surface area contributed by atoms with E-state index in [-0.39, 0.29) is 17.8 Å². The highest BCUT2D eigenvalue weighted by atomic mass is 16.6. The van der Waals surface area contributed by atoms with E-state index in [4.69, 9.17) is 0 Å². The molecule has 0 bridgehead atoms. The van der Waals surface area contributed by atoms with Crippen molar-refractivity contribution in [1.29, 1.82) is 0 Å². The number of hydrogen-bond acceptors (Lipinski definition) is 5. The van der Waals surface area contributed by atoms with Crippen LogP contribution in [-0.4, -0.2) is 27.2 Å². The van der Waals surface area contributed by atoms with Crippen LogP contribution in [0.15, 0.2) is 12.3 Å². The molecule has 2 rings (SSSR count). The van der Waals surface area contributed by atoms with E-state index in [0.717, 1.165) is 25.7 Å². The van der Waals surface area contributed by atoms with Gasteiger partial charge in [0.2, 0.25) is 0 Å². The molecule has 1 aliphatic rings. The number of nitrogens with zero attached hydrogens (tertiary/aromatic N) is 2. The molecule has 0 radical (unpaired) electrons. The van der Waals surface area contributed by atoms with Gasteiger partial charge in [-0.05, 0) is 25.8 Å². The summed E-state index contributed by atoms with van der Waals surface area (Å²) in [4.78, 5) is 14.3. The largest absolute Gasteiger partial charge is 0.394 e. The predicted octanol–water partition coefficient (Wildman–Crippen LogP) is 2.02. The summed E-state index contributed by atoms with van der Waals surface area (Å²) in [5, 5.41) is 23.4. The van der Waals surface area contributed by atoms with Gasteiger partial charge in [-0.3, -0.25) is 10.1 Å². The number of nitrogens with one attached hydrogen (secondary N) is 1. The van der Waals surface area contributed by atoms with Crippen molar-refractivity contribution in [3.05, 3.63) is 27.9 Å². The van der Waals surface area contributed by atoms with Gasteiger partial charge in [0.15, 0.2) is 0 Å². The molecule has 1 saturated carbocycles. The van der Waals surface area contributed by atoms with Crippen molar-refractivity contribution in [1.82, 2.24) is 4.98 Å². The highest BCUT2D eigenvalue weighted by molar-refractivity contribution is 5.48. The highest BCUT2D eigenvalue weighted by Gasteiger charge is 2.33. The lowest BCUT2D eigenvalue weighted by Gasteiger charge is -2.28. The first-order valence-electron chi connectivity index (χ1n) is 6.06. The zero-order valence-corrected chi connectivity index (χ0v) is 10.3. The summed E-state index contributed by atoms with van der Waals surface area (Å²) in [5.41, 5.74) is 0.281. The highest BCUT2D eigenvalue weighted by Crippen LogP contribution is 2.32. The summed E-state index contributed by atoms with van der Waals surface area (Å²) in [7, 11) is 0. The Bertz CT molecular complexity index is 456. The van der Waals surface area contributed by atoms with Crippen LogP contribution in [0, 0.1) is 17.0 Å². The molecule has 1 fully saturated rings. The van der Waals surface area contributed by atoms with Crippen molar-refractivity contribution in [3.63, 3.8) is 0 Å². The molecule has 1 aromatic rings. The molecule has 0 aliphatic heterocycles. The van der Waals surface area contributed by atoms with Gasteiger partial charge < -0.3 is 10.4 Å². The molecule has 2 N–H and O–H groups in total. The minimum atomic E-state index is -0.441. The number of aliphatic hydroxyl groups excluding tert-OH is 1. The van der Waals surface area contributed by atoms with E-state index in [1.165, 1.54) is 6.20 Å². The van der Waals surface area contributed by atoms with Crippen LogP contribution in [0.2, 0.25) is 0 Å². The fraction of sp³-hybridized carbons (Fsp3) is 0.583. The standard InChI is InChI=1S/C12H17N3O3/c1-9-6-11(13-7-10(9)15(17)18)14-12(8-16)4-2-3-5-12/h6-7,16H,2-5,8H2,1H3,(H,13,14). The van der Waals surface area contributed by atoms with Gasteiger partial charge in [-0.15, -0.1) is 0 Å². The van der Waals surface area contributed by atoms with E-state index in [9.17, 15) is 15.2 Å². The SMILES string of the molecule is Cc1cc(NC2(CO)CCCC2)ncc1[N+](=O)[O-]. The van der Waals surface area contributed by atoms with Crippen LogP contribution in [0.4, 0.5) is 11.5 Å². The summed E-state index contributed by atoms with van der Waals surface area (Å²) < 4.78 is 0. The van der Waals surface area contributed by atoms with Gasteiger partial charge in [0.25, 0.3) is 5.69 Å². The molecule has 1 heterocycles. The molecular formula is C12H17N3O3. The Labute approximate surface area is 105 Å². The lowest BCUT2D eigenvalue weighted by molar-refractivity contribution is -0.385. The van der Waals surface area contributed by atoms with Gasteiger partial charge in [-0.25, -0.2) is 4.98 Å². The summed E-state index contributed by atoms with van der Waals surface area (Å²) in [6, 6.07) is 1.66. The average molecular weight is 251 g/mol. The summed E-state index contributed by atoms with van der Waals surface area (Å²) in [6.45, 7) is 1.75. The second-order valence-electron chi connectivity index (χ2n) is 4.88. The monoisotopic (exact) mass is 251 g/mol. The number of nitro groups is 1. The minimum absolute atomic E-state index is 0.0185. The third-order valence-electron chi connectivity index (χ3n) is 3.54. The van der Waals surface area contributed by atoms with Gasteiger partial charge in [-0.1, -0.05) is 12.8 Å². The van der Waals surface area contributed by atoms with Crippen LogP contribution in [0.3, 0.4) is 0 Å². The molecule has 98 valence electrons. The number of hydrogen-bond donors (Lipinski definition) is 2. The van der Waals surface area contributed by atoms with E-state index in [1.807, 2.05) is 0 Å². The fourth-order valence-corrected chi connectivity index (χ4v) is 2.45. The predicted molar refractivity (Wildman–Crippen MR) is 67.5 cm³/mol. The second-order valence-corrected chi connectivity index (χ2v) is 4.88. The third-order valence-corrected chi connectivity index (χ3v) is 3.54. The van der Waals surface area contributed by atoms with Crippen molar-refractivity contribution in [3.8, 4) is 0 Å². The summed E-state index contributed by atoms with van der Waals surface area (Å²) in [6.07, 6.45) is 5.24. The molecule has 0 aromatic carbocycles. The van der Waals surface area contributed by atoms with Gasteiger partial charge in [-0.2, -0.15) is 0 Å². The summed E-state index contributed by atoms with van der Waals surface area (Å²) >= 11 is 0. The molecular weight excluding hydrogens is 234 g/mol. The van der Waals surface area contributed by atoms with Crippen molar-refractivity contribution >= 4 is 11.5 Å². The molecule has 6 nitrogen and oxygen atoms in total. The number of anilines is 1. The molecule has 0 atom stereocenters. The number of aliphatic hydroxyl groups is 1. The first-order chi connectivity index (χ1) is 8.56. The van der Waals surface area contributed by atoms with Crippen LogP contribution in [0.25, 0.3) is 0 Å². The minimum Gasteiger partial charge on any atom is -0.394 e. The normalized spacial score (nSPS) is 17.7. The quantitative estimate of drug-likeness (QED) is 0.631. The van der Waals surface area contributed by atoms with Crippen LogP contribution in [0.1, 0.15) is 31.2 Å². The van der Waals surface area contributed by atoms with Crippen molar-refractivity contribution in [2.45, 2.75) is 38.1 Å². The Kier molecular flexibility index (Phi) is 3.47. The second kappa shape index (κ2) is 4.89. The van der Waals surface area contributed by atoms with Crippen molar-refractivity contribution in [2.24, 2.45) is 0 Å². The van der Waals surface area contributed by atoms with E-state index >= 15 is 0 Å². The maximum Gasteiger partial charge on any atom is 0.290 e.